The Morgan fingerprint density at radius 2 is 1.92 bits per heavy atom. The summed E-state index contributed by atoms with van der Waals surface area (Å²) >= 11 is 3.55. The number of likely N-dealkylation sites (tertiary alicyclic amines) is 1. The van der Waals surface area contributed by atoms with E-state index >= 15 is 0 Å². The lowest BCUT2D eigenvalue weighted by atomic mass is 10.0. The summed E-state index contributed by atoms with van der Waals surface area (Å²) in [6.45, 7) is 3.53. The van der Waals surface area contributed by atoms with Crippen LogP contribution >= 0.6 is 15.9 Å². The fraction of sp³-hybridized carbons (Fsp3) is 0.381. The third kappa shape index (κ3) is 5.32. The van der Waals surface area contributed by atoms with E-state index in [0.717, 1.165) is 42.5 Å². The third-order valence-corrected chi connectivity index (χ3v) is 5.57. The highest BCUT2D eigenvalue weighted by Crippen LogP contribution is 2.18. The number of rotatable bonds is 5. The fourth-order valence-corrected chi connectivity index (χ4v) is 3.81. The molecule has 0 saturated carbocycles. The molecule has 2 aromatic rings. The maximum absolute atomic E-state index is 12.6. The molecule has 0 aliphatic carbocycles. The molecule has 138 valence electrons. The highest BCUT2D eigenvalue weighted by Gasteiger charge is 2.22. The van der Waals surface area contributed by atoms with Gasteiger partial charge in [-0.2, -0.15) is 0 Å². The van der Waals surface area contributed by atoms with Gasteiger partial charge >= 0.3 is 6.03 Å². The van der Waals surface area contributed by atoms with Gasteiger partial charge in [0, 0.05) is 37.2 Å². The maximum Gasteiger partial charge on any atom is 0.317 e. The largest absolute Gasteiger partial charge is 0.334 e. The average Bonchev–Trinajstić information content (AvgIpc) is 2.64. The Labute approximate surface area is 164 Å². The molecule has 1 saturated heterocycles. The molecule has 4 nitrogen and oxygen atoms in total. The summed E-state index contributed by atoms with van der Waals surface area (Å²) in [5.74, 6) is 0. The Kier molecular flexibility index (Phi) is 6.69. The lowest BCUT2D eigenvalue weighted by molar-refractivity contribution is 0.167. The molecule has 1 aliphatic heterocycles. The van der Waals surface area contributed by atoms with Crippen molar-refractivity contribution in [3.8, 4) is 0 Å². The second-order valence-electron chi connectivity index (χ2n) is 6.96. The number of nitrogens with zero attached hydrogens (tertiary/aromatic N) is 2. The summed E-state index contributed by atoms with van der Waals surface area (Å²) in [6.07, 6.45) is 2.16. The van der Waals surface area contributed by atoms with Crippen LogP contribution in [-0.4, -0.2) is 42.0 Å². The zero-order valence-corrected chi connectivity index (χ0v) is 16.8. The molecule has 1 fully saturated rings. The molecule has 5 heteroatoms. The minimum Gasteiger partial charge on any atom is -0.334 e. The highest BCUT2D eigenvalue weighted by atomic mass is 79.9. The zero-order valence-electron chi connectivity index (χ0n) is 15.2. The van der Waals surface area contributed by atoms with Crippen LogP contribution in [0.25, 0.3) is 0 Å². The number of hydrogen-bond acceptors (Lipinski definition) is 2. The van der Waals surface area contributed by atoms with E-state index in [1.807, 2.05) is 37.4 Å². The topological polar surface area (TPSA) is 35.6 Å². The van der Waals surface area contributed by atoms with Crippen LogP contribution in [0.5, 0.6) is 0 Å². The van der Waals surface area contributed by atoms with Gasteiger partial charge in [-0.3, -0.25) is 4.90 Å². The molecule has 26 heavy (non-hydrogen) atoms. The number of carbonyl (C=O) groups is 1. The number of nitrogens with one attached hydrogen (secondary N) is 1. The molecule has 1 aliphatic rings. The Morgan fingerprint density at radius 1 is 1.19 bits per heavy atom. The van der Waals surface area contributed by atoms with Crippen molar-refractivity contribution in [2.75, 3.05) is 20.1 Å². The molecule has 0 bridgehead atoms. The van der Waals surface area contributed by atoms with Crippen molar-refractivity contribution < 1.29 is 4.79 Å². The first kappa shape index (κ1) is 18.9. The van der Waals surface area contributed by atoms with Crippen molar-refractivity contribution in [2.24, 2.45) is 0 Å². The predicted octanol–water partition coefficient (Wildman–Crippen LogP) is 4.26. The average molecular weight is 416 g/mol. The van der Waals surface area contributed by atoms with Gasteiger partial charge in [-0.1, -0.05) is 64.5 Å². The number of hydrogen-bond donors (Lipinski definition) is 1. The molecule has 1 heterocycles. The minimum atomic E-state index is -0.00712. The molecule has 2 aromatic carbocycles. The number of urea groups is 1. The van der Waals surface area contributed by atoms with Crippen LogP contribution in [0.3, 0.4) is 0 Å². The van der Waals surface area contributed by atoms with Gasteiger partial charge < -0.3 is 10.2 Å². The van der Waals surface area contributed by atoms with Crippen molar-refractivity contribution in [3.05, 3.63) is 70.2 Å². The Morgan fingerprint density at radius 3 is 2.69 bits per heavy atom. The highest BCUT2D eigenvalue weighted by molar-refractivity contribution is 9.10. The predicted molar refractivity (Wildman–Crippen MR) is 109 cm³/mol. The molecule has 0 aromatic heterocycles. The van der Waals surface area contributed by atoms with Crippen molar-refractivity contribution in [1.29, 1.82) is 0 Å². The first-order valence-electron chi connectivity index (χ1n) is 9.13. The maximum atomic E-state index is 12.6. The van der Waals surface area contributed by atoms with Gasteiger partial charge in [-0.05, 0) is 36.6 Å². The van der Waals surface area contributed by atoms with E-state index < -0.39 is 0 Å². The van der Waals surface area contributed by atoms with Gasteiger partial charge in [-0.25, -0.2) is 4.79 Å². The summed E-state index contributed by atoms with van der Waals surface area (Å²) in [7, 11) is 1.85. The quantitative estimate of drug-likeness (QED) is 0.791. The van der Waals surface area contributed by atoms with Gasteiger partial charge in [0.25, 0.3) is 0 Å². The van der Waals surface area contributed by atoms with Gasteiger partial charge in [0.1, 0.15) is 0 Å². The first-order valence-corrected chi connectivity index (χ1v) is 9.92. The Bertz CT molecular complexity index is 722. The summed E-state index contributed by atoms with van der Waals surface area (Å²) < 4.78 is 1.03. The number of carbonyl (C=O) groups excluding carboxylic acids is 1. The van der Waals surface area contributed by atoms with Crippen LogP contribution in [0.2, 0.25) is 0 Å². The molecule has 1 unspecified atom stereocenters. The minimum absolute atomic E-state index is 0.00712. The Balaban J connectivity index is 1.51. The number of amides is 2. The monoisotopic (exact) mass is 415 g/mol. The van der Waals surface area contributed by atoms with Gasteiger partial charge in [0.05, 0.1) is 0 Å². The van der Waals surface area contributed by atoms with E-state index in [2.05, 4.69) is 50.4 Å². The van der Waals surface area contributed by atoms with Crippen molar-refractivity contribution in [1.82, 2.24) is 15.1 Å². The fourth-order valence-electron chi connectivity index (χ4n) is 3.40. The van der Waals surface area contributed by atoms with Crippen LogP contribution in [0, 0.1) is 0 Å². The third-order valence-electron chi connectivity index (χ3n) is 4.79. The van der Waals surface area contributed by atoms with E-state index in [1.54, 1.807) is 4.90 Å². The van der Waals surface area contributed by atoms with Gasteiger partial charge in [-0.15, -0.1) is 0 Å². The van der Waals surface area contributed by atoms with E-state index in [9.17, 15) is 4.79 Å². The normalized spacial score (nSPS) is 17.7. The van der Waals surface area contributed by atoms with Gasteiger partial charge in [0.2, 0.25) is 0 Å². The summed E-state index contributed by atoms with van der Waals surface area (Å²) in [4.78, 5) is 16.7. The molecular weight excluding hydrogens is 390 g/mol. The number of benzene rings is 2. The van der Waals surface area contributed by atoms with E-state index in [0.29, 0.717) is 6.54 Å². The van der Waals surface area contributed by atoms with Gasteiger partial charge in [0.15, 0.2) is 0 Å². The zero-order chi connectivity index (χ0) is 18.4. The van der Waals surface area contributed by atoms with Crippen LogP contribution in [-0.2, 0) is 13.1 Å². The second-order valence-corrected chi connectivity index (χ2v) is 7.81. The lowest BCUT2D eigenvalue weighted by Crippen LogP contribution is -2.50. The van der Waals surface area contributed by atoms with Crippen molar-refractivity contribution >= 4 is 22.0 Å². The van der Waals surface area contributed by atoms with Crippen molar-refractivity contribution in [3.63, 3.8) is 0 Å². The van der Waals surface area contributed by atoms with Crippen LogP contribution in [0.15, 0.2) is 59.1 Å². The van der Waals surface area contributed by atoms with E-state index in [4.69, 9.17) is 0 Å². The summed E-state index contributed by atoms with van der Waals surface area (Å²) in [6, 6.07) is 18.7. The standard InChI is InChI=1S/C21H26BrN3O/c1-24(15-18-10-5-6-12-20(18)22)21(26)23-19-11-7-13-25(16-19)14-17-8-3-2-4-9-17/h2-6,8-10,12,19H,7,11,13-16H2,1H3,(H,23,26). The Hall–Kier alpha value is -1.85. The second kappa shape index (κ2) is 9.19. The number of halogens is 1. The van der Waals surface area contributed by atoms with Crippen LogP contribution < -0.4 is 5.32 Å². The summed E-state index contributed by atoms with van der Waals surface area (Å²) in [5, 5.41) is 3.20. The molecule has 3 rings (SSSR count). The van der Waals surface area contributed by atoms with Crippen LogP contribution in [0.1, 0.15) is 24.0 Å². The van der Waals surface area contributed by atoms with Crippen LogP contribution in [0.4, 0.5) is 4.79 Å². The number of piperidine rings is 1. The SMILES string of the molecule is CN(Cc1ccccc1Br)C(=O)NC1CCCN(Cc2ccccc2)C1. The summed E-state index contributed by atoms with van der Waals surface area (Å²) in [5.41, 5.74) is 2.44. The first-order chi connectivity index (χ1) is 12.6. The smallest absolute Gasteiger partial charge is 0.317 e. The van der Waals surface area contributed by atoms with E-state index in [1.165, 1.54) is 5.56 Å². The lowest BCUT2D eigenvalue weighted by Gasteiger charge is -2.34. The molecule has 1 N–H and O–H groups in total. The molecule has 0 spiro atoms. The molecule has 0 radical (unpaired) electrons. The molecule has 1 atom stereocenters. The molecular formula is C21H26BrN3O. The molecule has 2 amide bonds. The van der Waals surface area contributed by atoms with E-state index in [-0.39, 0.29) is 12.1 Å². The van der Waals surface area contributed by atoms with Crippen molar-refractivity contribution in [2.45, 2.75) is 32.0 Å².